The summed E-state index contributed by atoms with van der Waals surface area (Å²) in [7, 11) is 1.30. The molecule has 0 aliphatic heterocycles. The van der Waals surface area contributed by atoms with Gasteiger partial charge in [-0.15, -0.1) is 0 Å². The highest BCUT2D eigenvalue weighted by Gasteiger charge is 2.24. The van der Waals surface area contributed by atoms with E-state index in [1.807, 2.05) is 0 Å². The van der Waals surface area contributed by atoms with Crippen LogP contribution in [-0.2, 0) is 4.65 Å². The van der Waals surface area contributed by atoms with Crippen LogP contribution in [0.2, 0.25) is 0 Å². The Morgan fingerprint density at radius 3 is 2.00 bits per heavy atom. The normalized spacial score (nSPS) is 19.3. The highest BCUT2D eigenvalue weighted by molar-refractivity contribution is 5.98. The molecule has 5 nitrogen and oxygen atoms in total. The molecule has 0 radical (unpaired) electrons. The van der Waals surface area contributed by atoms with E-state index in [1.165, 1.54) is 8.05 Å². The summed E-state index contributed by atoms with van der Waals surface area (Å²) in [4.78, 5) is 0. The van der Waals surface area contributed by atoms with Crippen LogP contribution in [-0.4, -0.2) is 60.0 Å². The minimum atomic E-state index is -1.27. The highest BCUT2D eigenvalue weighted by atomic mass is 16.5. The average molecular weight is 164 g/mol. The van der Waals surface area contributed by atoms with Gasteiger partial charge in [0.25, 0.3) is 8.05 Å². The number of rotatable bonds is 5. The summed E-state index contributed by atoms with van der Waals surface area (Å²) in [6.07, 6.45) is -3.38. The lowest BCUT2D eigenvalue weighted by Gasteiger charge is -2.23. The third-order valence-corrected chi connectivity index (χ3v) is 1.44. The molecule has 3 atom stereocenters. The lowest BCUT2D eigenvalue weighted by Crippen LogP contribution is -2.42. The van der Waals surface area contributed by atoms with Crippen molar-refractivity contribution in [3.63, 3.8) is 0 Å². The van der Waals surface area contributed by atoms with Crippen LogP contribution in [0.15, 0.2) is 0 Å². The van der Waals surface area contributed by atoms with Gasteiger partial charge in [-0.1, -0.05) is 0 Å². The topological polar surface area (TPSA) is 90.2 Å². The maximum Gasteiger partial charge on any atom is 0.257 e. The molecule has 0 aliphatic carbocycles. The van der Waals surface area contributed by atoms with Crippen molar-refractivity contribution in [2.45, 2.75) is 18.3 Å². The molecule has 0 heterocycles. The molecule has 0 saturated carbocycles. The third-order valence-electron chi connectivity index (χ3n) is 1.44. The summed E-state index contributed by atoms with van der Waals surface area (Å²) in [5, 5.41) is 34.9. The quantitative estimate of drug-likeness (QED) is 0.318. The predicted molar refractivity (Wildman–Crippen MR) is 39.6 cm³/mol. The Balaban J connectivity index is 3.86. The fourth-order valence-corrected chi connectivity index (χ4v) is 0.678. The zero-order valence-electron chi connectivity index (χ0n) is 6.34. The van der Waals surface area contributed by atoms with E-state index in [9.17, 15) is 0 Å². The minimum Gasteiger partial charge on any atom is -0.436 e. The van der Waals surface area contributed by atoms with Gasteiger partial charge in [0, 0.05) is 0 Å². The average Bonchev–Trinajstić information content (AvgIpc) is 2.05. The molecule has 0 bridgehead atoms. The van der Waals surface area contributed by atoms with Crippen LogP contribution >= 0.6 is 0 Å². The molecule has 0 amide bonds. The molecule has 6 heteroatoms. The lowest BCUT2D eigenvalue weighted by molar-refractivity contribution is -0.0792. The fraction of sp³-hybridized carbons (Fsp3) is 1.00. The first-order chi connectivity index (χ1) is 5.17. The van der Waals surface area contributed by atoms with E-state index in [0.29, 0.717) is 0 Å². The molecule has 0 saturated heterocycles. The first-order valence-electron chi connectivity index (χ1n) is 3.28. The van der Waals surface area contributed by atoms with Gasteiger partial charge in [-0.05, 0) is 0 Å². The molecule has 0 rings (SSSR count). The molecular formula is C5H13BO5. The van der Waals surface area contributed by atoms with Crippen molar-refractivity contribution in [1.82, 2.24) is 0 Å². The monoisotopic (exact) mass is 164 g/mol. The molecule has 0 fully saturated rings. The largest absolute Gasteiger partial charge is 0.436 e. The number of hydrogen-bond donors (Lipinski definition) is 4. The van der Waals surface area contributed by atoms with Crippen LogP contribution in [0.25, 0.3) is 0 Å². The van der Waals surface area contributed by atoms with E-state index < -0.39 is 31.5 Å². The van der Waals surface area contributed by atoms with Crippen molar-refractivity contribution in [1.29, 1.82) is 0 Å². The van der Waals surface area contributed by atoms with Crippen molar-refractivity contribution in [2.24, 2.45) is 0 Å². The lowest BCUT2D eigenvalue weighted by atomic mass is 10.1. The van der Waals surface area contributed by atoms with Gasteiger partial charge in [0.15, 0.2) is 0 Å². The Kier molecular flexibility index (Phi) is 5.44. The van der Waals surface area contributed by atoms with Gasteiger partial charge in [0.1, 0.15) is 12.2 Å². The SMILES string of the molecule is BOC(CO)C(O)[C@@H](O)CO. The van der Waals surface area contributed by atoms with Gasteiger partial charge < -0.3 is 25.1 Å². The second kappa shape index (κ2) is 5.51. The molecule has 0 aromatic carbocycles. The Bertz CT molecular complexity index is 96.9. The highest BCUT2D eigenvalue weighted by Crippen LogP contribution is 2.01. The molecule has 0 aliphatic rings. The van der Waals surface area contributed by atoms with Crippen molar-refractivity contribution >= 4 is 8.05 Å². The predicted octanol–water partition coefficient (Wildman–Crippen LogP) is -3.37. The van der Waals surface area contributed by atoms with Crippen molar-refractivity contribution in [2.75, 3.05) is 13.2 Å². The van der Waals surface area contributed by atoms with Gasteiger partial charge in [-0.25, -0.2) is 0 Å². The summed E-state index contributed by atoms with van der Waals surface area (Å²) >= 11 is 0. The van der Waals surface area contributed by atoms with Crippen LogP contribution in [0, 0.1) is 0 Å². The summed E-state index contributed by atoms with van der Waals surface area (Å²) in [6.45, 7) is -0.949. The Morgan fingerprint density at radius 2 is 1.73 bits per heavy atom. The summed E-state index contributed by atoms with van der Waals surface area (Å²) in [6, 6.07) is 0. The van der Waals surface area contributed by atoms with E-state index in [4.69, 9.17) is 20.4 Å². The minimum absolute atomic E-state index is 0.394. The molecular weight excluding hydrogens is 151 g/mol. The van der Waals surface area contributed by atoms with E-state index in [-0.39, 0.29) is 0 Å². The zero-order chi connectivity index (χ0) is 8.85. The van der Waals surface area contributed by atoms with Crippen molar-refractivity contribution in [3.8, 4) is 0 Å². The number of aliphatic hydroxyl groups excluding tert-OH is 4. The third kappa shape index (κ3) is 3.17. The summed E-state index contributed by atoms with van der Waals surface area (Å²) in [5.74, 6) is 0. The Morgan fingerprint density at radius 1 is 1.18 bits per heavy atom. The molecule has 0 spiro atoms. The summed E-state index contributed by atoms with van der Waals surface area (Å²) < 4.78 is 4.61. The first-order valence-corrected chi connectivity index (χ1v) is 3.28. The van der Waals surface area contributed by atoms with Crippen molar-refractivity contribution < 1.29 is 25.1 Å². The van der Waals surface area contributed by atoms with Crippen LogP contribution in [0.5, 0.6) is 0 Å². The van der Waals surface area contributed by atoms with E-state index in [2.05, 4.69) is 4.65 Å². The van der Waals surface area contributed by atoms with Gasteiger partial charge >= 0.3 is 0 Å². The van der Waals surface area contributed by atoms with E-state index in [1.54, 1.807) is 0 Å². The number of hydrogen-bond acceptors (Lipinski definition) is 5. The van der Waals surface area contributed by atoms with Crippen LogP contribution in [0.4, 0.5) is 0 Å². The van der Waals surface area contributed by atoms with Gasteiger partial charge in [0.2, 0.25) is 0 Å². The second-order valence-electron chi connectivity index (χ2n) is 2.20. The molecule has 11 heavy (non-hydrogen) atoms. The van der Waals surface area contributed by atoms with Gasteiger partial charge in [0.05, 0.1) is 19.3 Å². The maximum atomic E-state index is 9.08. The molecule has 66 valence electrons. The van der Waals surface area contributed by atoms with Crippen LogP contribution in [0.1, 0.15) is 0 Å². The zero-order valence-corrected chi connectivity index (χ0v) is 6.34. The van der Waals surface area contributed by atoms with Crippen LogP contribution < -0.4 is 0 Å². The van der Waals surface area contributed by atoms with Crippen molar-refractivity contribution in [3.05, 3.63) is 0 Å². The molecule has 4 N–H and O–H groups in total. The second-order valence-corrected chi connectivity index (χ2v) is 2.20. The molecule has 0 aromatic rings. The Labute approximate surface area is 65.7 Å². The Hall–Kier alpha value is -0.135. The van der Waals surface area contributed by atoms with Gasteiger partial charge in [-0.3, -0.25) is 0 Å². The summed E-state index contributed by atoms with van der Waals surface area (Å²) in [5.41, 5.74) is 0. The maximum absolute atomic E-state index is 9.08. The smallest absolute Gasteiger partial charge is 0.257 e. The molecule has 0 aromatic heterocycles. The first kappa shape index (κ1) is 10.9. The van der Waals surface area contributed by atoms with E-state index >= 15 is 0 Å². The molecule has 2 unspecified atom stereocenters. The van der Waals surface area contributed by atoms with Crippen LogP contribution in [0.3, 0.4) is 0 Å². The number of aliphatic hydroxyl groups is 4. The van der Waals surface area contributed by atoms with Gasteiger partial charge in [-0.2, -0.15) is 0 Å². The van der Waals surface area contributed by atoms with E-state index in [0.717, 1.165) is 0 Å². The standard InChI is InChI=1S/C5H13BO5/c6-11-4(2-8)5(10)3(9)1-7/h3-5,7-10H,1-2,6H2/t3-,4?,5?/m0/s1. The fourth-order valence-electron chi connectivity index (χ4n) is 0.678.